The van der Waals surface area contributed by atoms with Gasteiger partial charge >= 0.3 is 0 Å². The van der Waals surface area contributed by atoms with Crippen molar-refractivity contribution in [2.24, 2.45) is 4.99 Å². The number of hydrogen-bond acceptors (Lipinski definition) is 8. The monoisotopic (exact) mass is 428 g/mol. The van der Waals surface area contributed by atoms with Crippen molar-refractivity contribution in [1.82, 2.24) is 4.98 Å². The van der Waals surface area contributed by atoms with Crippen LogP contribution in [0.5, 0.6) is 5.75 Å². The molecule has 150 valence electrons. The number of ether oxygens (including phenoxy) is 2. The van der Waals surface area contributed by atoms with Crippen LogP contribution in [0.2, 0.25) is 0 Å². The van der Waals surface area contributed by atoms with Gasteiger partial charge < -0.3 is 19.4 Å². The third-order valence-electron chi connectivity index (χ3n) is 5.10. The molecule has 0 bridgehead atoms. The van der Waals surface area contributed by atoms with E-state index in [2.05, 4.69) is 11.9 Å². The van der Waals surface area contributed by atoms with Crippen LogP contribution in [-0.4, -0.2) is 51.7 Å². The molecular weight excluding hydrogens is 408 g/mol. The summed E-state index contributed by atoms with van der Waals surface area (Å²) in [6, 6.07) is 10.2. The average Bonchev–Trinajstić information content (AvgIpc) is 3.35. The Morgan fingerprint density at radius 1 is 1.28 bits per heavy atom. The number of carbonyl (C=O) groups is 1. The lowest BCUT2D eigenvalue weighted by molar-refractivity contribution is -0.197. The van der Waals surface area contributed by atoms with Gasteiger partial charge in [-0.3, -0.25) is 4.99 Å². The van der Waals surface area contributed by atoms with Gasteiger partial charge in [0.25, 0.3) is 0 Å². The zero-order chi connectivity index (χ0) is 20.0. The molecule has 4 atom stereocenters. The van der Waals surface area contributed by atoms with Gasteiger partial charge in [-0.25, -0.2) is 4.98 Å². The van der Waals surface area contributed by atoms with Crippen molar-refractivity contribution in [3.8, 4) is 5.75 Å². The van der Waals surface area contributed by atoms with Crippen LogP contribution in [0.25, 0.3) is 21.0 Å². The van der Waals surface area contributed by atoms with Crippen LogP contribution in [0.1, 0.15) is 24.8 Å². The maximum atomic E-state index is 11.0. The summed E-state index contributed by atoms with van der Waals surface area (Å²) in [5.41, 5.74) is 0.967. The lowest BCUT2D eigenvalue weighted by Crippen LogP contribution is -2.43. The molecule has 3 aromatic rings. The average molecular weight is 429 g/mol. The first-order valence-corrected chi connectivity index (χ1v) is 11.4. The van der Waals surface area contributed by atoms with Gasteiger partial charge in [-0.1, -0.05) is 6.07 Å². The summed E-state index contributed by atoms with van der Waals surface area (Å²) in [6.07, 6.45) is -0.370. The molecule has 0 radical (unpaired) electrons. The maximum absolute atomic E-state index is 11.0. The van der Waals surface area contributed by atoms with Crippen molar-refractivity contribution in [1.29, 1.82) is 0 Å². The fourth-order valence-electron chi connectivity index (χ4n) is 3.59. The van der Waals surface area contributed by atoms with Crippen LogP contribution in [0.15, 0.2) is 35.3 Å². The van der Waals surface area contributed by atoms with E-state index in [4.69, 9.17) is 14.5 Å². The van der Waals surface area contributed by atoms with E-state index in [1.807, 2.05) is 30.3 Å². The normalized spacial score (nSPS) is 27.3. The quantitative estimate of drug-likeness (QED) is 0.637. The summed E-state index contributed by atoms with van der Waals surface area (Å²) in [5, 5.41) is 14.3. The van der Waals surface area contributed by atoms with E-state index in [1.165, 1.54) is 0 Å². The van der Waals surface area contributed by atoms with Crippen LogP contribution < -0.4 is 4.74 Å². The Morgan fingerprint density at radius 2 is 2.17 bits per heavy atom. The summed E-state index contributed by atoms with van der Waals surface area (Å²) >= 11 is 3.43. The third kappa shape index (κ3) is 3.66. The predicted octanol–water partition coefficient (Wildman–Crippen LogP) is 3.78. The number of hydrogen-bond donors (Lipinski definition) is 1. The van der Waals surface area contributed by atoms with E-state index < -0.39 is 18.5 Å². The van der Waals surface area contributed by atoms with E-state index >= 15 is 0 Å². The van der Waals surface area contributed by atoms with Gasteiger partial charge in [0.05, 0.1) is 16.3 Å². The van der Waals surface area contributed by atoms with Crippen LogP contribution >= 0.6 is 23.1 Å². The molecule has 0 aliphatic carbocycles. The fraction of sp³-hybridized carbons (Fsp3) is 0.381. The molecule has 2 aliphatic rings. The van der Waals surface area contributed by atoms with Crippen molar-refractivity contribution < 1.29 is 19.4 Å². The fourth-order valence-corrected chi connectivity index (χ4v) is 5.78. The number of aldehydes is 1. The lowest BCUT2D eigenvalue weighted by Gasteiger charge is -2.31. The molecule has 1 aromatic heterocycles. The Morgan fingerprint density at radius 3 is 2.97 bits per heavy atom. The number of carbonyl (C=O) groups excluding carboxylic acids is 1. The third-order valence-corrected chi connectivity index (χ3v) is 7.56. The number of nitrogens with zero attached hydrogens (tertiary/aromatic N) is 2. The molecule has 2 aromatic carbocycles. The Balaban J connectivity index is 1.45. The lowest BCUT2D eigenvalue weighted by atomic mass is 10.1. The van der Waals surface area contributed by atoms with E-state index in [0.717, 1.165) is 43.1 Å². The zero-order valence-electron chi connectivity index (χ0n) is 15.8. The number of aromatic nitrogens is 1. The Kier molecular flexibility index (Phi) is 5.03. The minimum Gasteiger partial charge on any atom is -0.462 e. The van der Waals surface area contributed by atoms with Gasteiger partial charge in [-0.05, 0) is 49.4 Å². The molecule has 3 heterocycles. The molecular formula is C21H20N2O4S2. The Labute approximate surface area is 175 Å². The topological polar surface area (TPSA) is 81.0 Å². The number of aliphatic hydroxyl groups excluding tert-OH is 1. The van der Waals surface area contributed by atoms with Crippen molar-refractivity contribution in [3.63, 3.8) is 0 Å². The van der Waals surface area contributed by atoms with Crippen LogP contribution in [0.3, 0.4) is 0 Å². The molecule has 1 saturated heterocycles. The molecule has 2 aliphatic heterocycles. The van der Waals surface area contributed by atoms with Gasteiger partial charge in [-0.2, -0.15) is 0 Å². The minimum absolute atomic E-state index is 0.342. The molecule has 1 fully saturated rings. The Bertz CT molecular complexity index is 1110. The van der Waals surface area contributed by atoms with Crippen molar-refractivity contribution in [3.05, 3.63) is 35.3 Å². The standard InChI is InChI=1S/C21H20N2O4S2/c1-11-10-28-19(22-11)20-23-16-6-2-12-8-13(3-5-15(12)18(16)29-20)26-21-17(25)7-4-14(9-24)27-21/h2-3,5-6,8-9,11,14,17,21,25H,4,7,10H2,1H3. The smallest absolute Gasteiger partial charge is 0.226 e. The number of thioether (sulfide) groups is 1. The van der Waals surface area contributed by atoms with Crippen molar-refractivity contribution in [2.45, 2.75) is 44.3 Å². The van der Waals surface area contributed by atoms with Gasteiger partial charge in [0.1, 0.15) is 34.3 Å². The first-order chi connectivity index (χ1) is 14.1. The van der Waals surface area contributed by atoms with Gasteiger partial charge in [0.2, 0.25) is 6.29 Å². The molecule has 0 spiro atoms. The molecule has 1 N–H and O–H groups in total. The SMILES string of the molecule is CC1CSC(c2nc3ccc4cc(OC5OC(C=O)CCC5O)ccc4c3s2)=N1. The number of fused-ring (bicyclic) bond motifs is 3. The summed E-state index contributed by atoms with van der Waals surface area (Å²) in [5.74, 6) is 1.61. The summed E-state index contributed by atoms with van der Waals surface area (Å²) in [6.45, 7) is 2.12. The van der Waals surface area contributed by atoms with E-state index in [9.17, 15) is 9.90 Å². The molecule has 8 heteroatoms. The second-order valence-electron chi connectivity index (χ2n) is 7.35. The number of rotatable bonds is 4. The van der Waals surface area contributed by atoms with E-state index in [0.29, 0.717) is 24.6 Å². The molecule has 29 heavy (non-hydrogen) atoms. The maximum Gasteiger partial charge on any atom is 0.226 e. The predicted molar refractivity (Wildman–Crippen MR) is 116 cm³/mol. The van der Waals surface area contributed by atoms with Crippen LogP contribution in [0, 0.1) is 0 Å². The second-order valence-corrected chi connectivity index (χ2v) is 9.36. The summed E-state index contributed by atoms with van der Waals surface area (Å²) < 4.78 is 12.5. The van der Waals surface area contributed by atoms with Crippen LogP contribution in [0.4, 0.5) is 0 Å². The largest absolute Gasteiger partial charge is 0.462 e. The van der Waals surface area contributed by atoms with E-state index in [-0.39, 0.29) is 0 Å². The highest BCUT2D eigenvalue weighted by atomic mass is 32.2. The van der Waals surface area contributed by atoms with Gasteiger partial charge in [0.15, 0.2) is 0 Å². The molecule has 4 unspecified atom stereocenters. The number of aliphatic imine (C=N–C) groups is 1. The van der Waals surface area contributed by atoms with Crippen molar-refractivity contribution in [2.75, 3.05) is 5.75 Å². The molecule has 0 saturated carbocycles. The second kappa shape index (κ2) is 7.68. The first-order valence-electron chi connectivity index (χ1n) is 9.60. The van der Waals surface area contributed by atoms with E-state index in [1.54, 1.807) is 23.1 Å². The highest BCUT2D eigenvalue weighted by Crippen LogP contribution is 2.35. The summed E-state index contributed by atoms with van der Waals surface area (Å²) in [4.78, 5) is 20.5. The number of benzene rings is 2. The minimum atomic E-state index is -0.838. The highest BCUT2D eigenvalue weighted by Gasteiger charge is 2.31. The number of aliphatic hydroxyl groups is 1. The molecule has 5 rings (SSSR count). The first kappa shape index (κ1) is 19.0. The Hall–Kier alpha value is -2.00. The number of thiazole rings is 1. The highest BCUT2D eigenvalue weighted by molar-refractivity contribution is 8.15. The molecule has 0 amide bonds. The van der Waals surface area contributed by atoms with Gasteiger partial charge in [0, 0.05) is 11.1 Å². The zero-order valence-corrected chi connectivity index (χ0v) is 17.4. The van der Waals surface area contributed by atoms with Crippen LogP contribution in [-0.2, 0) is 9.53 Å². The molecule has 6 nitrogen and oxygen atoms in total. The summed E-state index contributed by atoms with van der Waals surface area (Å²) in [7, 11) is 0. The van der Waals surface area contributed by atoms with Gasteiger partial charge in [-0.15, -0.1) is 23.1 Å². The van der Waals surface area contributed by atoms with Crippen molar-refractivity contribution >= 4 is 55.4 Å².